The molecule has 0 aromatic heterocycles. The second kappa shape index (κ2) is 8.14. The van der Waals surface area contributed by atoms with Crippen LogP contribution in [-0.4, -0.2) is 70.7 Å². The number of hydrogen-bond donors (Lipinski definition) is 0. The van der Waals surface area contributed by atoms with E-state index in [-0.39, 0.29) is 11.6 Å². The molecule has 2 aromatic carbocycles. The summed E-state index contributed by atoms with van der Waals surface area (Å²) in [7, 11) is -7.80. The Balaban J connectivity index is 1.59. The number of nitrogens with zero attached hydrogens (tertiary/aromatic N) is 2. The predicted octanol–water partition coefficient (Wildman–Crippen LogP) is 2.03. The molecule has 0 saturated carbocycles. The Kier molecular flexibility index (Phi) is 5.82. The second-order valence-electron chi connectivity index (χ2n) is 8.14. The molecule has 2 aliphatic heterocycles. The van der Waals surface area contributed by atoms with Gasteiger partial charge in [0.05, 0.1) is 22.4 Å². The van der Waals surface area contributed by atoms with E-state index in [1.165, 1.54) is 18.2 Å². The van der Waals surface area contributed by atoms with Crippen molar-refractivity contribution in [3.63, 3.8) is 0 Å². The van der Waals surface area contributed by atoms with E-state index >= 15 is 0 Å². The first kappa shape index (κ1) is 22.2. The van der Waals surface area contributed by atoms with Crippen molar-refractivity contribution in [3.8, 4) is 0 Å². The van der Waals surface area contributed by atoms with E-state index in [1.54, 1.807) is 25.1 Å². The topological polar surface area (TPSA) is 74.8 Å². The van der Waals surface area contributed by atoms with Crippen molar-refractivity contribution >= 4 is 25.4 Å². The minimum absolute atomic E-state index is 0.288. The van der Waals surface area contributed by atoms with E-state index in [9.17, 15) is 25.6 Å². The van der Waals surface area contributed by atoms with Crippen LogP contribution in [0.3, 0.4) is 0 Å². The van der Waals surface area contributed by atoms with Crippen LogP contribution in [0.1, 0.15) is 5.56 Å². The number of halogens is 2. The highest BCUT2D eigenvalue weighted by atomic mass is 32.2. The molecule has 0 amide bonds. The summed E-state index contributed by atoms with van der Waals surface area (Å²) in [5, 5.41) is -1.24. The van der Waals surface area contributed by atoms with Gasteiger partial charge in [0.2, 0.25) is 0 Å². The molecule has 0 N–H and O–H groups in total. The fourth-order valence-electron chi connectivity index (χ4n) is 4.43. The van der Waals surface area contributed by atoms with Gasteiger partial charge in [0.15, 0.2) is 19.7 Å². The summed E-state index contributed by atoms with van der Waals surface area (Å²) < 4.78 is 79.9. The van der Waals surface area contributed by atoms with Crippen molar-refractivity contribution in [2.45, 2.75) is 23.1 Å². The maximum Gasteiger partial charge on any atom is 0.186 e. The molecule has 2 aliphatic rings. The molecule has 2 heterocycles. The molecule has 0 bridgehead atoms. The van der Waals surface area contributed by atoms with E-state index in [0.717, 1.165) is 6.07 Å². The highest BCUT2D eigenvalue weighted by Crippen LogP contribution is 2.32. The lowest BCUT2D eigenvalue weighted by Gasteiger charge is -2.40. The highest BCUT2D eigenvalue weighted by Gasteiger charge is 2.49. The molecule has 0 unspecified atom stereocenters. The van der Waals surface area contributed by atoms with Crippen LogP contribution in [-0.2, 0) is 19.7 Å². The summed E-state index contributed by atoms with van der Waals surface area (Å²) in [6.45, 7) is 3.29. The van der Waals surface area contributed by atoms with E-state index in [4.69, 9.17) is 0 Å². The molecule has 168 valence electrons. The molecular weight excluding hydrogens is 446 g/mol. The van der Waals surface area contributed by atoms with Crippen LogP contribution in [0, 0.1) is 18.6 Å². The summed E-state index contributed by atoms with van der Waals surface area (Å²) in [5.74, 6) is -2.03. The van der Waals surface area contributed by atoms with Crippen LogP contribution in [0.4, 0.5) is 14.5 Å². The van der Waals surface area contributed by atoms with Gasteiger partial charge in [-0.1, -0.05) is 18.2 Å². The van der Waals surface area contributed by atoms with Crippen LogP contribution in [0.15, 0.2) is 47.4 Å². The molecule has 2 saturated heterocycles. The second-order valence-corrected chi connectivity index (χ2v) is 12.4. The van der Waals surface area contributed by atoms with E-state index in [2.05, 4.69) is 0 Å². The third kappa shape index (κ3) is 4.33. The number of sulfone groups is 2. The molecule has 0 aliphatic carbocycles. The molecule has 6 nitrogen and oxygen atoms in total. The van der Waals surface area contributed by atoms with Crippen LogP contribution in [0.2, 0.25) is 0 Å². The molecular formula is C21H24F2N2O4S2. The van der Waals surface area contributed by atoms with Crippen LogP contribution in [0.25, 0.3) is 0 Å². The first-order valence-electron chi connectivity index (χ1n) is 10.0. The lowest BCUT2D eigenvalue weighted by atomic mass is 10.1. The largest absolute Gasteiger partial charge is 0.367 e. The van der Waals surface area contributed by atoms with E-state index in [1.807, 2.05) is 9.80 Å². The fourth-order valence-corrected chi connectivity index (χ4v) is 9.41. The zero-order valence-electron chi connectivity index (χ0n) is 17.0. The maximum atomic E-state index is 14.4. The minimum Gasteiger partial charge on any atom is -0.367 e. The smallest absolute Gasteiger partial charge is 0.186 e. The Bertz CT molecular complexity index is 1190. The minimum atomic E-state index is -4.20. The molecule has 10 heteroatoms. The monoisotopic (exact) mass is 470 g/mol. The number of rotatable bonds is 4. The van der Waals surface area contributed by atoms with Gasteiger partial charge in [-0.2, -0.15) is 0 Å². The molecule has 4 rings (SSSR count). The lowest BCUT2D eigenvalue weighted by molar-refractivity contribution is 0.201. The molecule has 31 heavy (non-hydrogen) atoms. The van der Waals surface area contributed by atoms with Crippen LogP contribution < -0.4 is 4.90 Å². The van der Waals surface area contributed by atoms with Gasteiger partial charge in [-0.15, -0.1) is 0 Å². The zero-order valence-corrected chi connectivity index (χ0v) is 18.7. The third-order valence-corrected chi connectivity index (χ3v) is 10.2. The number of benzene rings is 2. The third-order valence-electron chi connectivity index (χ3n) is 6.04. The number of anilines is 1. The standard InChI is InChI=1S/C21H24F2N2O4S2/c1-15-6-7-17(23)20(12-15)31(28,29)21-14-30(26,27)13-19(21)25-10-8-24(9-11-25)18-5-3-2-4-16(18)22/h2-7,12,19,21H,8-11,13-14H2,1H3/t19-,21-/m0/s1. The Morgan fingerprint density at radius 1 is 0.935 bits per heavy atom. The average Bonchev–Trinajstić information content (AvgIpc) is 3.06. The van der Waals surface area contributed by atoms with Crippen molar-refractivity contribution in [2.24, 2.45) is 0 Å². The molecule has 0 spiro atoms. The van der Waals surface area contributed by atoms with Crippen molar-refractivity contribution < 1.29 is 25.6 Å². The molecule has 0 radical (unpaired) electrons. The van der Waals surface area contributed by atoms with Gasteiger partial charge in [-0.3, -0.25) is 4.90 Å². The SMILES string of the molecule is Cc1ccc(F)c(S(=O)(=O)[C@H]2CS(=O)(=O)C[C@@H]2N2CCN(c3ccccc3F)CC2)c1. The van der Waals surface area contributed by atoms with Crippen molar-refractivity contribution in [2.75, 3.05) is 42.6 Å². The van der Waals surface area contributed by atoms with Gasteiger partial charge in [-0.05, 0) is 36.8 Å². The Hall–Kier alpha value is -2.04. The highest BCUT2D eigenvalue weighted by molar-refractivity contribution is 7.96. The number of hydrogen-bond acceptors (Lipinski definition) is 6. The molecule has 2 atom stereocenters. The summed E-state index contributed by atoms with van der Waals surface area (Å²) in [4.78, 5) is 3.24. The summed E-state index contributed by atoms with van der Waals surface area (Å²) in [5.41, 5.74) is 1.04. The number of aryl methyl sites for hydroxylation is 1. The van der Waals surface area contributed by atoms with Gasteiger partial charge in [0.25, 0.3) is 0 Å². The quantitative estimate of drug-likeness (QED) is 0.681. The van der Waals surface area contributed by atoms with Gasteiger partial charge in [-0.25, -0.2) is 25.6 Å². The molecule has 2 aromatic rings. The first-order chi connectivity index (χ1) is 14.6. The predicted molar refractivity (Wildman–Crippen MR) is 115 cm³/mol. The van der Waals surface area contributed by atoms with Crippen molar-refractivity contribution in [1.29, 1.82) is 0 Å². The zero-order chi connectivity index (χ0) is 22.4. The lowest BCUT2D eigenvalue weighted by Crippen LogP contribution is -2.55. The fraction of sp³-hybridized carbons (Fsp3) is 0.429. The van der Waals surface area contributed by atoms with E-state index in [0.29, 0.717) is 37.4 Å². The van der Waals surface area contributed by atoms with Crippen LogP contribution in [0.5, 0.6) is 0 Å². The summed E-state index contributed by atoms with van der Waals surface area (Å²) in [6.07, 6.45) is 0. The Labute approximate surface area is 181 Å². The maximum absolute atomic E-state index is 14.4. The number of piperazine rings is 1. The van der Waals surface area contributed by atoms with Gasteiger partial charge in [0, 0.05) is 32.2 Å². The van der Waals surface area contributed by atoms with Crippen molar-refractivity contribution in [1.82, 2.24) is 4.90 Å². The van der Waals surface area contributed by atoms with Crippen molar-refractivity contribution in [3.05, 3.63) is 59.7 Å². The Morgan fingerprint density at radius 3 is 2.29 bits per heavy atom. The molecule has 2 fully saturated rings. The van der Waals surface area contributed by atoms with E-state index < -0.39 is 47.4 Å². The normalized spacial score (nSPS) is 24.4. The summed E-state index contributed by atoms with van der Waals surface area (Å²) >= 11 is 0. The van der Waals surface area contributed by atoms with Gasteiger partial charge in [0.1, 0.15) is 16.5 Å². The van der Waals surface area contributed by atoms with Gasteiger partial charge >= 0.3 is 0 Å². The number of para-hydroxylation sites is 1. The Morgan fingerprint density at radius 2 is 1.61 bits per heavy atom. The summed E-state index contributed by atoms with van der Waals surface area (Å²) in [6, 6.07) is 9.46. The van der Waals surface area contributed by atoms with Crippen LogP contribution >= 0.6 is 0 Å². The average molecular weight is 471 g/mol. The van der Waals surface area contributed by atoms with Gasteiger partial charge < -0.3 is 4.90 Å². The first-order valence-corrected chi connectivity index (χ1v) is 13.4.